The first-order chi connectivity index (χ1) is 14.2. The van der Waals surface area contributed by atoms with Crippen molar-refractivity contribution in [1.82, 2.24) is 19.5 Å². The minimum Gasteiger partial charge on any atom is -0.790 e. The van der Waals surface area contributed by atoms with Crippen LogP contribution in [0.25, 0.3) is 11.2 Å². The zero-order chi connectivity index (χ0) is 23.2. The van der Waals surface area contributed by atoms with Gasteiger partial charge in [-0.25, -0.2) is 19.3 Å². The second kappa shape index (κ2) is 11.8. The van der Waals surface area contributed by atoms with Gasteiger partial charge in [-0.05, 0) is 0 Å². The smallest absolute Gasteiger partial charge is 0.790 e. The molecule has 1 aliphatic heterocycles. The molecule has 4 N–H and O–H groups in total. The van der Waals surface area contributed by atoms with Crippen molar-refractivity contribution >= 4 is 101 Å². The number of rotatable bonds is 8. The summed E-state index contributed by atoms with van der Waals surface area (Å²) in [6.07, 6.45) is -3.99. The van der Waals surface area contributed by atoms with E-state index < -0.39 is 54.6 Å². The van der Waals surface area contributed by atoms with E-state index in [2.05, 4.69) is 28.1 Å². The molecule has 1 fully saturated rings. The Labute approximate surface area is 230 Å². The van der Waals surface area contributed by atoms with Crippen molar-refractivity contribution in [3.05, 3.63) is 12.7 Å². The zero-order valence-corrected chi connectivity index (χ0v) is 22.5. The molecule has 0 radical (unpaired) electrons. The molecule has 2 aromatic rings. The average Bonchev–Trinajstić information content (AvgIpc) is 3.13. The number of phosphoric ester groups is 1. The third kappa shape index (κ3) is 8.08. The molecule has 2 unspecified atom stereocenters. The molecule has 3 heterocycles. The van der Waals surface area contributed by atoms with Gasteiger partial charge in [0, 0.05) is 0 Å². The van der Waals surface area contributed by atoms with Crippen molar-refractivity contribution in [2.75, 3.05) is 12.3 Å². The summed E-state index contributed by atoms with van der Waals surface area (Å²) >= 11 is 0. The Balaban J connectivity index is 0.00000272. The summed E-state index contributed by atoms with van der Waals surface area (Å²) in [4.78, 5) is 54.9. The van der Waals surface area contributed by atoms with Gasteiger partial charge in [-0.15, -0.1) is 0 Å². The van der Waals surface area contributed by atoms with Gasteiger partial charge in [0.15, 0.2) is 17.7 Å². The molecular formula is C10H12CaMgN5O13P3. The van der Waals surface area contributed by atoms with Gasteiger partial charge in [0.05, 0.1) is 20.8 Å². The number of imidazole rings is 1. The number of anilines is 1. The number of fused-ring (bicyclic) bond motifs is 1. The summed E-state index contributed by atoms with van der Waals surface area (Å²) in [7, 11) is -18.1. The topological polar surface area (TPSA) is 290 Å². The molecule has 0 aliphatic carbocycles. The van der Waals surface area contributed by atoms with Crippen LogP contribution in [0.5, 0.6) is 0 Å². The molecule has 0 aromatic carbocycles. The van der Waals surface area contributed by atoms with Crippen molar-refractivity contribution in [3.63, 3.8) is 0 Å². The van der Waals surface area contributed by atoms with Crippen molar-refractivity contribution < 1.29 is 61.4 Å². The van der Waals surface area contributed by atoms with Crippen LogP contribution in [0.1, 0.15) is 6.23 Å². The molecule has 174 valence electrons. The largest absolute Gasteiger partial charge is 2.00 e. The van der Waals surface area contributed by atoms with E-state index in [1.54, 1.807) is 0 Å². The second-order valence-corrected chi connectivity index (χ2v) is 10.2. The number of aliphatic hydroxyl groups excluding tert-OH is 2. The Kier molecular flexibility index (Phi) is 11.3. The predicted molar refractivity (Wildman–Crippen MR) is 98.1 cm³/mol. The Bertz CT molecular complexity index is 1120. The van der Waals surface area contributed by atoms with Gasteiger partial charge in [0.1, 0.15) is 30.2 Å². The standard InChI is InChI=1S/C10H16N5O13P3.Ca.Mg/c11-8-5-9(13-2-12-8)15(3-14-5)10-7(17)6(16)4(26-10)1-25-30(21,22)28-31(23,24)27-29(18,19)20;;/h2-4,6-7,10,16-17H,1H2,(H,21,22)(H,23,24)(H2,11,12,13)(H2,18,19,20);;/q;2*+2/p-4/t4-,6-,7-,10-;;/m1../s1. The first kappa shape index (κ1) is 31.7. The van der Waals surface area contributed by atoms with Crippen LogP contribution in [0.4, 0.5) is 5.82 Å². The van der Waals surface area contributed by atoms with Crippen LogP contribution in [0.2, 0.25) is 0 Å². The summed E-state index contributed by atoms with van der Waals surface area (Å²) < 4.78 is 50.2. The molecule has 0 spiro atoms. The number of nitrogens with zero attached hydrogens (tertiary/aromatic N) is 4. The van der Waals surface area contributed by atoms with E-state index in [4.69, 9.17) is 10.5 Å². The van der Waals surface area contributed by atoms with Crippen molar-refractivity contribution in [2.24, 2.45) is 0 Å². The predicted octanol–water partition coefficient (Wildman–Crippen LogP) is -4.92. The third-order valence-electron chi connectivity index (χ3n) is 3.80. The van der Waals surface area contributed by atoms with E-state index >= 15 is 0 Å². The van der Waals surface area contributed by atoms with Gasteiger partial charge in [-0.2, -0.15) is 0 Å². The first-order valence-corrected chi connectivity index (χ1v) is 12.2. The van der Waals surface area contributed by atoms with Gasteiger partial charge in [-0.1, -0.05) is 0 Å². The van der Waals surface area contributed by atoms with Crippen LogP contribution < -0.4 is 25.3 Å². The van der Waals surface area contributed by atoms with E-state index in [0.717, 1.165) is 12.7 Å². The van der Waals surface area contributed by atoms with E-state index in [-0.39, 0.29) is 77.8 Å². The fourth-order valence-corrected chi connectivity index (χ4v) is 5.47. The Hall–Kier alpha value is 0.666. The average molecular weight is 568 g/mol. The Morgan fingerprint density at radius 2 is 1.70 bits per heavy atom. The van der Waals surface area contributed by atoms with Gasteiger partial charge < -0.3 is 49.3 Å². The van der Waals surface area contributed by atoms with E-state index in [1.807, 2.05) is 0 Å². The molecule has 23 heteroatoms. The van der Waals surface area contributed by atoms with Gasteiger partial charge in [0.2, 0.25) is 0 Å². The summed E-state index contributed by atoms with van der Waals surface area (Å²) in [5.41, 5.74) is 5.92. The number of nitrogens with two attached hydrogens (primary N) is 1. The number of aliphatic hydroxyl groups is 2. The number of phosphoric acid groups is 3. The van der Waals surface area contributed by atoms with Crippen LogP contribution in [-0.4, -0.2) is 115 Å². The molecule has 18 nitrogen and oxygen atoms in total. The fraction of sp³-hybridized carbons (Fsp3) is 0.500. The van der Waals surface area contributed by atoms with Crippen LogP contribution in [0.3, 0.4) is 0 Å². The van der Waals surface area contributed by atoms with Crippen LogP contribution in [-0.2, 0) is 31.6 Å². The summed E-state index contributed by atoms with van der Waals surface area (Å²) in [6, 6.07) is 0. The molecule has 6 atom stereocenters. The molecule has 0 amide bonds. The molecule has 33 heavy (non-hydrogen) atoms. The number of nitrogen functional groups attached to an aromatic ring is 1. The van der Waals surface area contributed by atoms with E-state index in [1.165, 1.54) is 4.57 Å². The molecule has 0 bridgehead atoms. The monoisotopic (exact) mass is 567 g/mol. The molecule has 0 saturated carbocycles. The van der Waals surface area contributed by atoms with Crippen molar-refractivity contribution in [1.29, 1.82) is 0 Å². The van der Waals surface area contributed by atoms with E-state index in [0.29, 0.717) is 0 Å². The SMILES string of the molecule is Nc1ncnc2c1ncn2[C@@H]1O[C@H](COP(=O)([O-])OP(=O)([O-])OP(=O)([O-])[O-])[C@@H](O)[C@H]1O.[Ca+2].[Mg+2]. The van der Waals surface area contributed by atoms with Crippen molar-refractivity contribution in [2.45, 2.75) is 24.5 Å². The first-order valence-electron chi connectivity index (χ1n) is 7.85. The molecule has 1 saturated heterocycles. The van der Waals surface area contributed by atoms with Gasteiger partial charge in [-0.3, -0.25) is 18.0 Å². The fourth-order valence-electron chi connectivity index (χ4n) is 2.60. The summed E-state index contributed by atoms with van der Waals surface area (Å²) in [5.74, 6) is 0.0195. The number of hydrogen-bond donors (Lipinski definition) is 3. The van der Waals surface area contributed by atoms with Crippen LogP contribution in [0, 0.1) is 0 Å². The van der Waals surface area contributed by atoms with Crippen molar-refractivity contribution in [3.8, 4) is 0 Å². The Morgan fingerprint density at radius 3 is 2.30 bits per heavy atom. The number of hydrogen-bond acceptors (Lipinski definition) is 17. The minimum atomic E-state index is -6.14. The van der Waals surface area contributed by atoms with Crippen LogP contribution in [0.15, 0.2) is 12.7 Å². The third-order valence-corrected chi connectivity index (χ3v) is 7.46. The second-order valence-electron chi connectivity index (χ2n) is 5.93. The van der Waals surface area contributed by atoms with Crippen LogP contribution >= 0.6 is 23.5 Å². The summed E-state index contributed by atoms with van der Waals surface area (Å²) in [5, 5.41) is 20.3. The maximum absolute atomic E-state index is 11.6. The number of aromatic nitrogens is 4. The van der Waals surface area contributed by atoms with E-state index in [9.17, 15) is 43.5 Å². The van der Waals surface area contributed by atoms with Gasteiger partial charge >= 0.3 is 60.8 Å². The molecular weight excluding hydrogens is 555 g/mol. The quantitative estimate of drug-likeness (QED) is 0.199. The van der Waals surface area contributed by atoms with Gasteiger partial charge in [0.25, 0.3) is 15.6 Å². The maximum Gasteiger partial charge on any atom is 2.00 e. The maximum atomic E-state index is 11.6. The minimum absolute atomic E-state index is 0. The Morgan fingerprint density at radius 1 is 1.06 bits per heavy atom. The zero-order valence-electron chi connectivity index (χ0n) is 16.2. The summed E-state index contributed by atoms with van der Waals surface area (Å²) in [6.45, 7) is -1.08. The molecule has 2 aromatic heterocycles. The molecule has 1 aliphatic rings. The normalized spacial score (nSPS) is 26.7. The number of ether oxygens (including phenoxy) is 1. The molecule has 3 rings (SSSR count).